The monoisotopic (exact) mass is 471 g/mol. The molecule has 0 aromatic heterocycles. The van der Waals surface area contributed by atoms with E-state index in [4.69, 9.17) is 4.74 Å². The molecular formula is C28H29N3O4. The van der Waals surface area contributed by atoms with Crippen LogP contribution >= 0.6 is 0 Å². The van der Waals surface area contributed by atoms with Gasteiger partial charge in [0.1, 0.15) is 12.6 Å². The van der Waals surface area contributed by atoms with Gasteiger partial charge in [-0.05, 0) is 53.8 Å². The number of likely N-dealkylation sites (tertiary alicyclic amines) is 1. The van der Waals surface area contributed by atoms with Crippen LogP contribution in [0, 0.1) is 0 Å². The van der Waals surface area contributed by atoms with E-state index in [2.05, 4.69) is 10.6 Å². The number of nitrogens with one attached hydrogen (secondary N) is 2. The molecule has 0 radical (unpaired) electrons. The number of carbonyl (C=O) groups excluding carboxylic acids is 3. The van der Waals surface area contributed by atoms with Crippen molar-refractivity contribution in [3.8, 4) is 11.1 Å². The van der Waals surface area contributed by atoms with Gasteiger partial charge < -0.3 is 15.4 Å². The number of hydrogen-bond donors (Lipinski definition) is 2. The maximum Gasteiger partial charge on any atom is 0.410 e. The Morgan fingerprint density at radius 1 is 0.886 bits per heavy atom. The van der Waals surface area contributed by atoms with Gasteiger partial charge in [-0.2, -0.15) is 0 Å². The van der Waals surface area contributed by atoms with Crippen LogP contribution in [-0.4, -0.2) is 35.4 Å². The van der Waals surface area contributed by atoms with Gasteiger partial charge in [-0.1, -0.05) is 61.5 Å². The van der Waals surface area contributed by atoms with E-state index in [0.29, 0.717) is 25.1 Å². The van der Waals surface area contributed by atoms with E-state index in [9.17, 15) is 14.4 Å². The fraction of sp³-hybridized carbons (Fsp3) is 0.250. The van der Waals surface area contributed by atoms with E-state index in [0.717, 1.165) is 28.8 Å². The molecule has 0 aliphatic carbocycles. The molecule has 0 unspecified atom stereocenters. The Morgan fingerprint density at radius 3 is 2.40 bits per heavy atom. The van der Waals surface area contributed by atoms with Gasteiger partial charge in [-0.15, -0.1) is 0 Å². The molecule has 1 saturated heterocycles. The first-order valence-corrected chi connectivity index (χ1v) is 11.8. The molecule has 0 bridgehead atoms. The first-order chi connectivity index (χ1) is 17.0. The number of rotatable bonds is 7. The summed E-state index contributed by atoms with van der Waals surface area (Å²) in [5.41, 5.74) is 4.19. The van der Waals surface area contributed by atoms with E-state index < -0.39 is 12.1 Å². The van der Waals surface area contributed by atoms with Crippen molar-refractivity contribution in [1.29, 1.82) is 0 Å². The van der Waals surface area contributed by atoms with Crippen molar-refractivity contribution >= 4 is 29.3 Å². The summed E-state index contributed by atoms with van der Waals surface area (Å²) in [6, 6.07) is 24.0. The second-order valence-electron chi connectivity index (χ2n) is 8.44. The predicted octanol–water partition coefficient (Wildman–Crippen LogP) is 5.44. The van der Waals surface area contributed by atoms with Crippen molar-refractivity contribution in [3.63, 3.8) is 0 Å². The molecule has 1 fully saturated rings. The minimum Gasteiger partial charge on any atom is -0.445 e. The molecular weight excluding hydrogens is 442 g/mol. The minimum absolute atomic E-state index is 0.0348. The Hall–Kier alpha value is -4.13. The summed E-state index contributed by atoms with van der Waals surface area (Å²) in [5.74, 6) is -0.263. The summed E-state index contributed by atoms with van der Waals surface area (Å²) in [6.45, 7) is 2.47. The fourth-order valence-corrected chi connectivity index (χ4v) is 4.06. The second kappa shape index (κ2) is 11.3. The third kappa shape index (κ3) is 6.26. The summed E-state index contributed by atoms with van der Waals surface area (Å²) < 4.78 is 5.44. The third-order valence-electron chi connectivity index (χ3n) is 5.95. The van der Waals surface area contributed by atoms with E-state index in [1.807, 2.05) is 85.8 Å². The first kappa shape index (κ1) is 24.0. The number of hydrogen-bond acceptors (Lipinski definition) is 4. The summed E-state index contributed by atoms with van der Waals surface area (Å²) in [4.78, 5) is 38.7. The molecule has 180 valence electrons. The van der Waals surface area contributed by atoms with Crippen molar-refractivity contribution in [1.82, 2.24) is 4.90 Å². The third-order valence-corrected chi connectivity index (χ3v) is 5.95. The molecule has 0 saturated carbocycles. The normalized spacial score (nSPS) is 14.9. The highest BCUT2D eigenvalue weighted by Crippen LogP contribution is 2.26. The Balaban J connectivity index is 1.38. The van der Waals surface area contributed by atoms with Crippen LogP contribution in [0.1, 0.15) is 31.7 Å². The number of anilines is 2. The number of nitrogens with zero attached hydrogens (tertiary/aromatic N) is 1. The standard InChI is InChI=1S/C28H29N3O4/c1-2-26(32)29-23-15-13-21(14-16-23)22-10-6-11-24(18-22)30-27(33)25-12-7-17-31(25)28(34)35-19-20-8-4-3-5-9-20/h3-6,8-11,13-16,18,25H,2,7,12,17,19H2,1H3,(H,29,32)(H,30,33)/t25-/m0/s1. The molecule has 1 atom stereocenters. The minimum atomic E-state index is -0.566. The largest absolute Gasteiger partial charge is 0.445 e. The van der Waals surface area contributed by atoms with Gasteiger partial charge in [0.2, 0.25) is 11.8 Å². The lowest BCUT2D eigenvalue weighted by molar-refractivity contribution is -0.120. The van der Waals surface area contributed by atoms with Crippen LogP contribution in [0.2, 0.25) is 0 Å². The summed E-state index contributed by atoms with van der Waals surface area (Å²) >= 11 is 0. The second-order valence-corrected chi connectivity index (χ2v) is 8.44. The zero-order valence-electron chi connectivity index (χ0n) is 19.7. The SMILES string of the molecule is CCC(=O)Nc1ccc(-c2cccc(NC(=O)[C@@H]3CCCN3C(=O)OCc3ccccc3)c2)cc1. The van der Waals surface area contributed by atoms with Crippen LogP contribution < -0.4 is 10.6 Å². The van der Waals surface area contributed by atoms with Crippen molar-refractivity contribution in [2.24, 2.45) is 0 Å². The zero-order chi connectivity index (χ0) is 24.6. The number of ether oxygens (including phenoxy) is 1. The Bertz CT molecular complexity index is 1180. The predicted molar refractivity (Wildman–Crippen MR) is 136 cm³/mol. The molecule has 1 heterocycles. The van der Waals surface area contributed by atoms with Crippen LogP contribution in [0.15, 0.2) is 78.9 Å². The molecule has 7 heteroatoms. The average molecular weight is 472 g/mol. The quantitative estimate of drug-likeness (QED) is 0.480. The highest BCUT2D eigenvalue weighted by molar-refractivity contribution is 5.97. The average Bonchev–Trinajstić information content (AvgIpc) is 3.39. The van der Waals surface area contributed by atoms with Gasteiger partial charge in [0.25, 0.3) is 0 Å². The van der Waals surface area contributed by atoms with Gasteiger partial charge in [-0.3, -0.25) is 14.5 Å². The molecule has 1 aliphatic heterocycles. The van der Waals surface area contributed by atoms with Crippen molar-refractivity contribution < 1.29 is 19.1 Å². The van der Waals surface area contributed by atoms with E-state index in [1.54, 1.807) is 0 Å². The van der Waals surface area contributed by atoms with Crippen LogP contribution in [0.25, 0.3) is 11.1 Å². The molecule has 7 nitrogen and oxygen atoms in total. The molecule has 35 heavy (non-hydrogen) atoms. The van der Waals surface area contributed by atoms with Crippen molar-refractivity contribution in [3.05, 3.63) is 84.4 Å². The molecule has 4 rings (SSSR count). The molecule has 3 aromatic rings. The van der Waals surface area contributed by atoms with Gasteiger partial charge in [0.05, 0.1) is 0 Å². The number of amides is 3. The van der Waals surface area contributed by atoms with Crippen LogP contribution in [0.3, 0.4) is 0 Å². The molecule has 1 aliphatic rings. The highest BCUT2D eigenvalue weighted by Gasteiger charge is 2.35. The molecule has 0 spiro atoms. The maximum atomic E-state index is 13.0. The van der Waals surface area contributed by atoms with E-state index >= 15 is 0 Å². The highest BCUT2D eigenvalue weighted by atomic mass is 16.6. The molecule has 3 aromatic carbocycles. The van der Waals surface area contributed by atoms with Crippen LogP contribution in [0.5, 0.6) is 0 Å². The molecule has 3 amide bonds. The van der Waals surface area contributed by atoms with Crippen molar-refractivity contribution in [2.75, 3.05) is 17.2 Å². The van der Waals surface area contributed by atoms with Gasteiger partial charge >= 0.3 is 6.09 Å². The lowest BCUT2D eigenvalue weighted by Crippen LogP contribution is -2.43. The van der Waals surface area contributed by atoms with E-state index in [1.165, 1.54) is 4.90 Å². The molecule has 2 N–H and O–H groups in total. The fourth-order valence-electron chi connectivity index (χ4n) is 4.06. The lowest BCUT2D eigenvalue weighted by atomic mass is 10.0. The van der Waals surface area contributed by atoms with Crippen LogP contribution in [-0.2, 0) is 20.9 Å². The van der Waals surface area contributed by atoms with Gasteiger partial charge in [0, 0.05) is 24.3 Å². The topological polar surface area (TPSA) is 87.7 Å². The summed E-state index contributed by atoms with van der Waals surface area (Å²) in [6.07, 6.45) is 1.29. The van der Waals surface area contributed by atoms with Crippen molar-refractivity contribution in [2.45, 2.75) is 38.8 Å². The number of carbonyl (C=O) groups is 3. The zero-order valence-corrected chi connectivity index (χ0v) is 19.7. The summed E-state index contributed by atoms with van der Waals surface area (Å²) in [5, 5.41) is 5.78. The van der Waals surface area contributed by atoms with Gasteiger partial charge in [0.15, 0.2) is 0 Å². The Kier molecular flexibility index (Phi) is 7.77. The summed E-state index contributed by atoms with van der Waals surface area (Å²) in [7, 11) is 0. The lowest BCUT2D eigenvalue weighted by Gasteiger charge is -2.23. The Labute approximate surface area is 205 Å². The smallest absolute Gasteiger partial charge is 0.410 e. The van der Waals surface area contributed by atoms with E-state index in [-0.39, 0.29) is 18.4 Å². The number of benzene rings is 3. The van der Waals surface area contributed by atoms with Gasteiger partial charge in [-0.25, -0.2) is 4.79 Å². The Morgan fingerprint density at radius 2 is 1.66 bits per heavy atom. The first-order valence-electron chi connectivity index (χ1n) is 11.8. The van der Waals surface area contributed by atoms with Crippen LogP contribution in [0.4, 0.5) is 16.2 Å². The maximum absolute atomic E-state index is 13.0.